The van der Waals surface area contributed by atoms with Crippen LogP contribution in [0.3, 0.4) is 0 Å². The first-order valence-electron chi connectivity index (χ1n) is 11.7. The van der Waals surface area contributed by atoms with Gasteiger partial charge in [0.05, 0.1) is 19.3 Å². The van der Waals surface area contributed by atoms with Crippen LogP contribution in [0.1, 0.15) is 42.7 Å². The lowest BCUT2D eigenvalue weighted by Gasteiger charge is -2.37. The lowest BCUT2D eigenvalue weighted by atomic mass is 10.0. The maximum Gasteiger partial charge on any atom is 0.273 e. The van der Waals surface area contributed by atoms with Crippen molar-refractivity contribution in [3.8, 4) is 17.6 Å². The fraction of sp³-hybridized carbons (Fsp3) is 0.480. The van der Waals surface area contributed by atoms with Crippen LogP contribution in [-0.4, -0.2) is 77.5 Å². The topological polar surface area (TPSA) is 113 Å². The molecule has 1 aliphatic heterocycles. The van der Waals surface area contributed by atoms with Crippen molar-refractivity contribution in [2.45, 2.75) is 43.7 Å². The molecule has 1 saturated carbocycles. The molecule has 35 heavy (non-hydrogen) atoms. The molecular formula is C25H30N4O5S. The van der Waals surface area contributed by atoms with Gasteiger partial charge in [0.15, 0.2) is 0 Å². The maximum atomic E-state index is 13.6. The van der Waals surface area contributed by atoms with Crippen LogP contribution in [0.15, 0.2) is 41.7 Å². The lowest BCUT2D eigenvalue weighted by molar-refractivity contribution is 0.0559. The summed E-state index contributed by atoms with van der Waals surface area (Å²) in [7, 11) is -2.28. The minimum atomic E-state index is -3.93. The van der Waals surface area contributed by atoms with Gasteiger partial charge in [-0.15, -0.1) is 0 Å². The van der Waals surface area contributed by atoms with Crippen LogP contribution in [-0.2, 0) is 10.0 Å². The van der Waals surface area contributed by atoms with Crippen LogP contribution < -0.4 is 4.74 Å². The molecule has 10 heteroatoms. The first-order chi connectivity index (χ1) is 16.7. The number of hydrogen-bond acceptors (Lipinski definition) is 7. The lowest BCUT2D eigenvalue weighted by Crippen LogP contribution is -2.50. The van der Waals surface area contributed by atoms with Crippen LogP contribution >= 0.6 is 0 Å². The molecule has 0 unspecified atom stereocenters. The highest BCUT2D eigenvalue weighted by Crippen LogP contribution is 2.34. The van der Waals surface area contributed by atoms with Crippen molar-refractivity contribution in [2.24, 2.45) is 11.8 Å². The average Bonchev–Trinajstić information content (AvgIpc) is 3.69. The molecule has 3 atom stereocenters. The van der Waals surface area contributed by atoms with E-state index in [1.165, 1.54) is 33.9 Å². The van der Waals surface area contributed by atoms with Crippen LogP contribution in [0, 0.1) is 23.7 Å². The summed E-state index contributed by atoms with van der Waals surface area (Å²) in [5.74, 6) is 6.29. The quantitative estimate of drug-likeness (QED) is 0.625. The van der Waals surface area contributed by atoms with E-state index in [9.17, 15) is 18.3 Å². The molecular weight excluding hydrogens is 468 g/mol. The monoisotopic (exact) mass is 498 g/mol. The van der Waals surface area contributed by atoms with Crippen molar-refractivity contribution in [3.05, 3.63) is 48.0 Å². The van der Waals surface area contributed by atoms with E-state index in [0.717, 1.165) is 12.8 Å². The van der Waals surface area contributed by atoms with E-state index in [1.54, 1.807) is 26.1 Å². The zero-order chi connectivity index (χ0) is 25.2. The molecule has 1 fully saturated rings. The van der Waals surface area contributed by atoms with E-state index in [-0.39, 0.29) is 47.9 Å². The van der Waals surface area contributed by atoms with Crippen molar-refractivity contribution in [1.29, 1.82) is 0 Å². The number of amides is 1. The first kappa shape index (κ1) is 25.1. The van der Waals surface area contributed by atoms with E-state index in [0.29, 0.717) is 11.5 Å². The standard InChI is InChI=1S/C25H30N4O5S/c1-17-14-29(18(2)16-30)35(32,33)24-9-8-20(7-6-19-4-5-19)12-22(24)34-23(17)15-28(3)25(31)21-13-26-10-11-27-21/h8-13,17-19,23,30H,4-5,14-16H2,1-3H3/t17-,18-,23-/m0/s1. The molecule has 2 aliphatic rings. The Morgan fingerprint density at radius 2 is 2.11 bits per heavy atom. The number of rotatable bonds is 5. The van der Waals surface area contributed by atoms with E-state index < -0.39 is 22.2 Å². The van der Waals surface area contributed by atoms with Crippen LogP contribution in [0.2, 0.25) is 0 Å². The normalized spacial score (nSPS) is 22.4. The molecule has 2 aromatic rings. The Bertz CT molecular complexity index is 1240. The molecule has 1 N–H and O–H groups in total. The number of carbonyl (C=O) groups excluding carboxylic acids is 1. The number of hydrogen-bond donors (Lipinski definition) is 1. The highest BCUT2D eigenvalue weighted by Gasteiger charge is 2.38. The molecule has 0 bridgehead atoms. The van der Waals surface area contributed by atoms with Gasteiger partial charge in [-0.3, -0.25) is 9.78 Å². The zero-order valence-electron chi connectivity index (χ0n) is 20.1. The molecule has 0 radical (unpaired) electrons. The number of aliphatic hydroxyl groups is 1. The second-order valence-corrected chi connectivity index (χ2v) is 11.1. The summed E-state index contributed by atoms with van der Waals surface area (Å²) in [6.07, 6.45) is 6.00. The van der Waals surface area contributed by atoms with E-state index in [2.05, 4.69) is 21.8 Å². The average molecular weight is 499 g/mol. The minimum Gasteiger partial charge on any atom is -0.487 e. The number of fused-ring (bicyclic) bond motifs is 1. The third-order valence-corrected chi connectivity index (χ3v) is 8.27. The second kappa shape index (κ2) is 10.3. The summed E-state index contributed by atoms with van der Waals surface area (Å²) in [6, 6.07) is 4.22. The van der Waals surface area contributed by atoms with Crippen molar-refractivity contribution in [3.63, 3.8) is 0 Å². The van der Waals surface area contributed by atoms with Gasteiger partial charge in [0, 0.05) is 49.4 Å². The molecule has 0 saturated heterocycles. The maximum absolute atomic E-state index is 13.6. The van der Waals surface area contributed by atoms with E-state index in [1.807, 2.05) is 6.92 Å². The van der Waals surface area contributed by atoms with Gasteiger partial charge in [-0.25, -0.2) is 13.4 Å². The van der Waals surface area contributed by atoms with E-state index in [4.69, 9.17) is 4.74 Å². The molecule has 0 spiro atoms. The van der Waals surface area contributed by atoms with Gasteiger partial charge in [0.2, 0.25) is 10.0 Å². The molecule has 4 rings (SSSR count). The van der Waals surface area contributed by atoms with Crippen LogP contribution in [0.4, 0.5) is 0 Å². The van der Waals surface area contributed by atoms with Crippen molar-refractivity contribution >= 4 is 15.9 Å². The smallest absolute Gasteiger partial charge is 0.273 e. The number of aromatic nitrogens is 2. The van der Waals surface area contributed by atoms with Gasteiger partial charge in [-0.2, -0.15) is 4.31 Å². The Labute approximate surface area is 206 Å². The molecule has 186 valence electrons. The van der Waals surface area contributed by atoms with Gasteiger partial charge < -0.3 is 14.7 Å². The summed E-state index contributed by atoms with van der Waals surface area (Å²) in [6.45, 7) is 3.56. The van der Waals surface area contributed by atoms with Gasteiger partial charge >= 0.3 is 0 Å². The summed E-state index contributed by atoms with van der Waals surface area (Å²) in [5.41, 5.74) is 0.883. The van der Waals surface area contributed by atoms with Crippen molar-refractivity contribution in [2.75, 3.05) is 26.7 Å². The molecule has 1 aromatic heterocycles. The number of nitrogens with zero attached hydrogens (tertiary/aromatic N) is 4. The molecule has 1 aliphatic carbocycles. The Morgan fingerprint density at radius 1 is 1.34 bits per heavy atom. The fourth-order valence-corrected chi connectivity index (χ4v) is 5.72. The first-order valence-corrected chi connectivity index (χ1v) is 13.1. The number of benzene rings is 1. The second-order valence-electron chi connectivity index (χ2n) is 9.22. The Balaban J connectivity index is 1.69. The van der Waals surface area contributed by atoms with Crippen LogP contribution in [0.25, 0.3) is 0 Å². The zero-order valence-corrected chi connectivity index (χ0v) is 20.9. The highest BCUT2D eigenvalue weighted by atomic mass is 32.2. The summed E-state index contributed by atoms with van der Waals surface area (Å²) in [4.78, 5) is 22.4. The summed E-state index contributed by atoms with van der Waals surface area (Å²) >= 11 is 0. The Morgan fingerprint density at radius 3 is 2.77 bits per heavy atom. The van der Waals surface area contributed by atoms with Gasteiger partial charge in [-0.05, 0) is 38.0 Å². The van der Waals surface area contributed by atoms with Gasteiger partial charge in [-0.1, -0.05) is 18.8 Å². The predicted molar refractivity (Wildman–Crippen MR) is 129 cm³/mol. The summed E-state index contributed by atoms with van der Waals surface area (Å²) in [5, 5.41) is 9.78. The largest absolute Gasteiger partial charge is 0.487 e. The molecule has 1 aromatic carbocycles. The molecule has 9 nitrogen and oxygen atoms in total. The fourth-order valence-electron chi connectivity index (χ4n) is 3.89. The van der Waals surface area contributed by atoms with Crippen LogP contribution in [0.5, 0.6) is 5.75 Å². The van der Waals surface area contributed by atoms with Crippen molar-refractivity contribution in [1.82, 2.24) is 19.2 Å². The number of likely N-dealkylation sites (N-methyl/N-ethyl adjacent to an activating group) is 1. The molecule has 2 heterocycles. The van der Waals surface area contributed by atoms with Gasteiger partial charge in [0.25, 0.3) is 5.91 Å². The number of ether oxygens (including phenoxy) is 1. The predicted octanol–water partition coefficient (Wildman–Crippen LogP) is 1.78. The number of sulfonamides is 1. The van der Waals surface area contributed by atoms with Gasteiger partial charge in [0.1, 0.15) is 22.4 Å². The number of aliphatic hydroxyl groups excluding tert-OH is 1. The third kappa shape index (κ3) is 5.64. The van der Waals surface area contributed by atoms with Crippen molar-refractivity contribution < 1.29 is 23.1 Å². The molecule has 1 amide bonds. The van der Waals surface area contributed by atoms with E-state index >= 15 is 0 Å². The summed E-state index contributed by atoms with van der Waals surface area (Å²) < 4.78 is 34.7. The minimum absolute atomic E-state index is 0.0228. The number of carbonyl (C=O) groups is 1. The third-order valence-electron chi connectivity index (χ3n) is 6.25. The Kier molecular flexibility index (Phi) is 7.40. The highest BCUT2D eigenvalue weighted by molar-refractivity contribution is 7.89. The Hall–Kier alpha value is -3.00. The SMILES string of the molecule is C[C@H]1CN([C@@H](C)CO)S(=O)(=O)c2ccc(C#CC3CC3)cc2O[C@H]1CN(C)C(=O)c1cnccn1.